The predicted octanol–water partition coefficient (Wildman–Crippen LogP) is 3.47. The van der Waals surface area contributed by atoms with Gasteiger partial charge < -0.3 is 5.32 Å². The first-order chi connectivity index (χ1) is 9.61. The minimum atomic E-state index is -0.418. The van der Waals surface area contributed by atoms with Gasteiger partial charge in [-0.1, -0.05) is 31.2 Å². The Morgan fingerprint density at radius 1 is 1.30 bits per heavy atom. The second-order valence-electron chi connectivity index (χ2n) is 4.59. The standard InChI is InChI=1S/C15H17N3O2/c1-3-12-6-4-5-7-13(12)9-16-15-8-11(2)14(10-17-15)18(19)20/h4-8,10H,3,9H2,1-2H3,(H,16,17). The zero-order chi connectivity index (χ0) is 14.5. The van der Waals surface area contributed by atoms with Crippen LogP contribution in [0, 0.1) is 17.0 Å². The highest BCUT2D eigenvalue weighted by Crippen LogP contribution is 2.19. The molecule has 0 spiro atoms. The zero-order valence-corrected chi connectivity index (χ0v) is 11.6. The van der Waals surface area contributed by atoms with Crippen LogP contribution >= 0.6 is 0 Å². The van der Waals surface area contributed by atoms with Crippen molar-refractivity contribution in [1.82, 2.24) is 4.98 Å². The van der Waals surface area contributed by atoms with E-state index in [9.17, 15) is 10.1 Å². The molecule has 0 bridgehead atoms. The molecule has 0 aliphatic carbocycles. The smallest absolute Gasteiger partial charge is 0.290 e. The average Bonchev–Trinajstić information content (AvgIpc) is 2.45. The highest BCUT2D eigenvalue weighted by atomic mass is 16.6. The number of nitro groups is 1. The number of anilines is 1. The number of nitrogens with one attached hydrogen (secondary N) is 1. The van der Waals surface area contributed by atoms with Crippen LogP contribution in [0.4, 0.5) is 11.5 Å². The fraction of sp³-hybridized carbons (Fsp3) is 0.267. The Morgan fingerprint density at radius 3 is 2.60 bits per heavy atom. The summed E-state index contributed by atoms with van der Waals surface area (Å²) in [5.41, 5.74) is 3.16. The quantitative estimate of drug-likeness (QED) is 0.667. The van der Waals surface area contributed by atoms with Crippen molar-refractivity contribution in [3.8, 4) is 0 Å². The highest BCUT2D eigenvalue weighted by molar-refractivity contribution is 5.47. The maximum Gasteiger partial charge on any atom is 0.290 e. The molecule has 1 heterocycles. The molecule has 0 unspecified atom stereocenters. The van der Waals surface area contributed by atoms with Crippen LogP contribution < -0.4 is 5.32 Å². The third-order valence-corrected chi connectivity index (χ3v) is 3.24. The van der Waals surface area contributed by atoms with Crippen molar-refractivity contribution in [2.24, 2.45) is 0 Å². The fourth-order valence-corrected chi connectivity index (χ4v) is 2.10. The molecule has 0 radical (unpaired) electrons. The highest BCUT2D eigenvalue weighted by Gasteiger charge is 2.11. The SMILES string of the molecule is CCc1ccccc1CNc1cc(C)c([N+](=O)[O-])cn1. The summed E-state index contributed by atoms with van der Waals surface area (Å²) in [5, 5.41) is 13.9. The Balaban J connectivity index is 2.11. The molecule has 5 nitrogen and oxygen atoms in total. The molecule has 0 aliphatic rings. The number of hydrogen-bond donors (Lipinski definition) is 1. The Bertz CT molecular complexity index is 626. The molecule has 2 aromatic rings. The van der Waals surface area contributed by atoms with Gasteiger partial charge in [0.25, 0.3) is 5.69 Å². The van der Waals surface area contributed by atoms with E-state index < -0.39 is 4.92 Å². The molecule has 1 N–H and O–H groups in total. The first-order valence-electron chi connectivity index (χ1n) is 6.53. The first kappa shape index (κ1) is 14.0. The first-order valence-corrected chi connectivity index (χ1v) is 6.53. The van der Waals surface area contributed by atoms with E-state index in [-0.39, 0.29) is 5.69 Å². The average molecular weight is 271 g/mol. The third-order valence-electron chi connectivity index (χ3n) is 3.24. The monoisotopic (exact) mass is 271 g/mol. The Kier molecular flexibility index (Phi) is 4.30. The Morgan fingerprint density at radius 2 is 2.00 bits per heavy atom. The predicted molar refractivity (Wildman–Crippen MR) is 78.8 cm³/mol. The molecule has 1 aromatic heterocycles. The number of aryl methyl sites for hydroxylation is 2. The molecule has 20 heavy (non-hydrogen) atoms. The van der Waals surface area contributed by atoms with Crippen LogP contribution in [0.15, 0.2) is 36.5 Å². The summed E-state index contributed by atoms with van der Waals surface area (Å²) < 4.78 is 0. The maximum atomic E-state index is 10.7. The van der Waals surface area contributed by atoms with E-state index in [1.807, 2.05) is 12.1 Å². The lowest BCUT2D eigenvalue weighted by Gasteiger charge is -2.10. The summed E-state index contributed by atoms with van der Waals surface area (Å²) in [4.78, 5) is 14.4. The lowest BCUT2D eigenvalue weighted by atomic mass is 10.1. The Hall–Kier alpha value is -2.43. The zero-order valence-electron chi connectivity index (χ0n) is 11.6. The van der Waals surface area contributed by atoms with Crippen molar-refractivity contribution in [3.05, 3.63) is 63.3 Å². The minimum Gasteiger partial charge on any atom is -0.366 e. The number of rotatable bonds is 5. The number of benzene rings is 1. The topological polar surface area (TPSA) is 68.1 Å². The molecule has 0 saturated carbocycles. The van der Waals surface area contributed by atoms with Gasteiger partial charge in [-0.2, -0.15) is 0 Å². The largest absolute Gasteiger partial charge is 0.366 e. The van der Waals surface area contributed by atoms with Gasteiger partial charge in [0.2, 0.25) is 0 Å². The summed E-state index contributed by atoms with van der Waals surface area (Å²) in [7, 11) is 0. The van der Waals surface area contributed by atoms with Gasteiger partial charge in [0.1, 0.15) is 12.0 Å². The van der Waals surface area contributed by atoms with Gasteiger partial charge in [-0.05, 0) is 30.5 Å². The van der Waals surface area contributed by atoms with E-state index >= 15 is 0 Å². The molecular weight excluding hydrogens is 254 g/mol. The van der Waals surface area contributed by atoms with Crippen LogP contribution in [0.2, 0.25) is 0 Å². The van der Waals surface area contributed by atoms with Crippen molar-refractivity contribution < 1.29 is 4.92 Å². The van der Waals surface area contributed by atoms with E-state index in [1.54, 1.807) is 13.0 Å². The van der Waals surface area contributed by atoms with Gasteiger partial charge in [0, 0.05) is 12.1 Å². The third kappa shape index (κ3) is 3.12. The lowest BCUT2D eigenvalue weighted by molar-refractivity contribution is -0.385. The van der Waals surface area contributed by atoms with Crippen LogP contribution in [-0.4, -0.2) is 9.91 Å². The molecule has 1 aromatic carbocycles. The van der Waals surface area contributed by atoms with Crippen molar-refractivity contribution in [2.75, 3.05) is 5.32 Å². The van der Waals surface area contributed by atoms with E-state index in [4.69, 9.17) is 0 Å². The van der Waals surface area contributed by atoms with Gasteiger partial charge in [-0.15, -0.1) is 0 Å². The van der Waals surface area contributed by atoms with Crippen molar-refractivity contribution in [1.29, 1.82) is 0 Å². The van der Waals surface area contributed by atoms with Crippen LogP contribution in [0.1, 0.15) is 23.6 Å². The lowest BCUT2D eigenvalue weighted by Crippen LogP contribution is -2.04. The van der Waals surface area contributed by atoms with Crippen LogP contribution in [0.3, 0.4) is 0 Å². The van der Waals surface area contributed by atoms with Gasteiger partial charge >= 0.3 is 0 Å². The number of aromatic nitrogens is 1. The van der Waals surface area contributed by atoms with Gasteiger partial charge in [0.15, 0.2) is 0 Å². The van der Waals surface area contributed by atoms with Crippen LogP contribution in [-0.2, 0) is 13.0 Å². The maximum absolute atomic E-state index is 10.7. The van der Waals surface area contributed by atoms with E-state index in [2.05, 4.69) is 29.4 Å². The molecular formula is C15H17N3O2. The van der Waals surface area contributed by atoms with Gasteiger partial charge in [-0.3, -0.25) is 10.1 Å². The van der Waals surface area contributed by atoms with E-state index in [1.165, 1.54) is 17.3 Å². The molecule has 2 rings (SSSR count). The molecule has 0 aliphatic heterocycles. The Labute approximate surface area is 117 Å². The fourth-order valence-electron chi connectivity index (χ4n) is 2.10. The van der Waals surface area contributed by atoms with E-state index in [0.717, 1.165) is 6.42 Å². The van der Waals surface area contributed by atoms with Crippen molar-refractivity contribution in [3.63, 3.8) is 0 Å². The van der Waals surface area contributed by atoms with Crippen LogP contribution in [0.25, 0.3) is 0 Å². The molecule has 0 saturated heterocycles. The minimum absolute atomic E-state index is 0.0458. The van der Waals surface area contributed by atoms with Gasteiger partial charge in [-0.25, -0.2) is 4.98 Å². The molecule has 0 atom stereocenters. The summed E-state index contributed by atoms with van der Waals surface area (Å²) in [5.74, 6) is 0.652. The van der Waals surface area contributed by atoms with Crippen LogP contribution in [0.5, 0.6) is 0 Å². The number of hydrogen-bond acceptors (Lipinski definition) is 4. The number of nitrogens with zero attached hydrogens (tertiary/aromatic N) is 2. The normalized spacial score (nSPS) is 10.3. The molecule has 104 valence electrons. The van der Waals surface area contributed by atoms with E-state index in [0.29, 0.717) is 17.9 Å². The molecule has 5 heteroatoms. The number of pyridine rings is 1. The second-order valence-corrected chi connectivity index (χ2v) is 4.59. The van der Waals surface area contributed by atoms with Crippen molar-refractivity contribution in [2.45, 2.75) is 26.8 Å². The molecule has 0 amide bonds. The summed E-state index contributed by atoms with van der Waals surface area (Å²) in [6.07, 6.45) is 2.27. The summed E-state index contributed by atoms with van der Waals surface area (Å²) in [6.45, 7) is 4.49. The van der Waals surface area contributed by atoms with Crippen molar-refractivity contribution >= 4 is 11.5 Å². The second kappa shape index (κ2) is 6.14. The molecule has 0 fully saturated rings. The summed E-state index contributed by atoms with van der Waals surface area (Å²) in [6, 6.07) is 9.91. The van der Waals surface area contributed by atoms with Gasteiger partial charge in [0.05, 0.1) is 4.92 Å². The summed E-state index contributed by atoms with van der Waals surface area (Å²) >= 11 is 0.